The molecule has 29 heavy (non-hydrogen) atoms. The van der Waals surface area contributed by atoms with Crippen molar-refractivity contribution in [3.8, 4) is 17.2 Å². The quantitative estimate of drug-likeness (QED) is 0.535. The summed E-state index contributed by atoms with van der Waals surface area (Å²) in [5, 5.41) is 9.32. The number of aryl methyl sites for hydroxylation is 1. The van der Waals surface area contributed by atoms with Crippen molar-refractivity contribution in [2.45, 2.75) is 57.0 Å². The second-order valence-electron chi connectivity index (χ2n) is 8.27. The molecule has 1 saturated heterocycles. The number of hydrogen-bond acceptors (Lipinski definition) is 4. The normalized spacial score (nSPS) is 22.3. The molecule has 1 aliphatic heterocycles. The van der Waals surface area contributed by atoms with Gasteiger partial charge in [0.25, 0.3) is 0 Å². The fraction of sp³-hybridized carbons (Fsp3) is 0.400. The molecule has 0 amide bonds. The maximum atomic E-state index is 12.2. The number of carbonyl (C=O) groups is 2. The van der Waals surface area contributed by atoms with Gasteiger partial charge in [-0.25, -0.2) is 0 Å². The topological polar surface area (TPSA) is 67.2 Å². The third kappa shape index (κ3) is 4.10. The Morgan fingerprint density at radius 2 is 1.76 bits per heavy atom. The molecule has 0 spiro atoms. The second-order valence-corrected chi connectivity index (χ2v) is 8.27. The van der Waals surface area contributed by atoms with Crippen LogP contribution in [0.3, 0.4) is 0 Å². The summed E-state index contributed by atoms with van der Waals surface area (Å²) in [6.07, 6.45) is 6.07. The molecule has 2 fully saturated rings. The van der Waals surface area contributed by atoms with Gasteiger partial charge in [0.2, 0.25) is 0 Å². The fourth-order valence-corrected chi connectivity index (χ4v) is 4.92. The first kappa shape index (κ1) is 19.4. The predicted octanol–water partition coefficient (Wildman–Crippen LogP) is 4.99. The van der Waals surface area contributed by atoms with Crippen LogP contribution in [-0.4, -0.2) is 17.4 Å². The summed E-state index contributed by atoms with van der Waals surface area (Å²) in [5.74, 6) is -0.0642. The number of carbonyl (C=O) groups excluding carboxylic acids is 2. The minimum atomic E-state index is -0.630. The molecule has 0 bridgehead atoms. The highest BCUT2D eigenvalue weighted by molar-refractivity contribution is 5.98. The summed E-state index contributed by atoms with van der Waals surface area (Å²) in [6, 6.07) is 18.0. The first-order valence-corrected chi connectivity index (χ1v) is 10.4. The van der Waals surface area contributed by atoms with E-state index in [9.17, 15) is 14.9 Å². The number of benzene rings is 2. The number of rotatable bonds is 5. The van der Waals surface area contributed by atoms with Gasteiger partial charge < -0.3 is 4.74 Å². The van der Waals surface area contributed by atoms with E-state index in [1.165, 1.54) is 0 Å². The van der Waals surface area contributed by atoms with E-state index in [4.69, 9.17) is 4.74 Å². The Morgan fingerprint density at radius 3 is 2.45 bits per heavy atom. The molecule has 0 aromatic heterocycles. The average Bonchev–Trinajstić information content (AvgIpc) is 3.28. The van der Waals surface area contributed by atoms with Gasteiger partial charge in [-0.1, -0.05) is 55.3 Å². The fourth-order valence-electron chi connectivity index (χ4n) is 4.92. The van der Waals surface area contributed by atoms with Crippen LogP contribution in [0.15, 0.2) is 48.5 Å². The number of Topliss-reactive ketones (excluding diaryl/α,β-unsaturated/α-hetero) is 1. The maximum Gasteiger partial charge on any atom is 0.313 e. The number of ether oxygens (including phenoxy) is 1. The zero-order valence-electron chi connectivity index (χ0n) is 16.5. The van der Waals surface area contributed by atoms with Gasteiger partial charge in [0, 0.05) is 6.42 Å². The molecule has 148 valence electrons. The van der Waals surface area contributed by atoms with E-state index in [0.717, 1.165) is 48.8 Å². The minimum absolute atomic E-state index is 0.0107. The SMILES string of the molecule is N#Cc1ccccc1-c1ccc(CCC2(C3CCCC3)CC(=O)CC(=O)O2)cc1. The molecular formula is C25H25NO3. The van der Waals surface area contributed by atoms with E-state index >= 15 is 0 Å². The molecule has 1 heterocycles. The van der Waals surface area contributed by atoms with Crippen molar-refractivity contribution in [1.29, 1.82) is 5.26 Å². The Bertz CT molecular complexity index is 933. The van der Waals surface area contributed by atoms with E-state index in [2.05, 4.69) is 18.2 Å². The zero-order valence-corrected chi connectivity index (χ0v) is 16.5. The monoisotopic (exact) mass is 387 g/mol. The van der Waals surface area contributed by atoms with Crippen molar-refractivity contribution in [3.63, 3.8) is 0 Å². The zero-order chi connectivity index (χ0) is 20.3. The van der Waals surface area contributed by atoms with Gasteiger partial charge in [-0.2, -0.15) is 5.26 Å². The summed E-state index contributed by atoms with van der Waals surface area (Å²) >= 11 is 0. The van der Waals surface area contributed by atoms with Crippen molar-refractivity contribution in [2.75, 3.05) is 0 Å². The van der Waals surface area contributed by atoms with Crippen molar-refractivity contribution < 1.29 is 14.3 Å². The smallest absolute Gasteiger partial charge is 0.313 e. The number of nitrogens with zero attached hydrogens (tertiary/aromatic N) is 1. The van der Waals surface area contributed by atoms with Gasteiger partial charge in [0.15, 0.2) is 0 Å². The number of nitriles is 1. The minimum Gasteiger partial charge on any atom is -0.458 e. The molecule has 4 nitrogen and oxygen atoms in total. The highest BCUT2D eigenvalue weighted by Crippen LogP contribution is 2.44. The van der Waals surface area contributed by atoms with Gasteiger partial charge in [-0.05, 0) is 54.4 Å². The number of ketones is 1. The largest absolute Gasteiger partial charge is 0.458 e. The summed E-state index contributed by atoms with van der Waals surface area (Å²) in [4.78, 5) is 24.2. The van der Waals surface area contributed by atoms with Crippen molar-refractivity contribution in [1.82, 2.24) is 0 Å². The molecule has 0 N–H and O–H groups in total. The van der Waals surface area contributed by atoms with Crippen LogP contribution < -0.4 is 0 Å². The first-order valence-electron chi connectivity index (χ1n) is 10.4. The van der Waals surface area contributed by atoms with Crippen LogP contribution in [0, 0.1) is 17.2 Å². The van der Waals surface area contributed by atoms with Crippen LogP contribution in [0.4, 0.5) is 0 Å². The molecule has 1 atom stereocenters. The summed E-state index contributed by atoms with van der Waals surface area (Å²) in [5.41, 5.74) is 3.11. The van der Waals surface area contributed by atoms with Crippen LogP contribution in [0.25, 0.3) is 11.1 Å². The summed E-state index contributed by atoms with van der Waals surface area (Å²) < 4.78 is 5.88. The van der Waals surface area contributed by atoms with Crippen molar-refractivity contribution in [2.24, 2.45) is 5.92 Å². The molecule has 0 radical (unpaired) electrons. The Labute approximate surface area is 171 Å². The van der Waals surface area contributed by atoms with E-state index in [-0.39, 0.29) is 24.1 Å². The van der Waals surface area contributed by atoms with Gasteiger partial charge >= 0.3 is 5.97 Å². The molecule has 1 saturated carbocycles. The average molecular weight is 387 g/mol. The summed E-state index contributed by atoms with van der Waals surface area (Å²) in [7, 11) is 0. The Morgan fingerprint density at radius 1 is 1.03 bits per heavy atom. The van der Waals surface area contributed by atoms with Crippen molar-refractivity contribution >= 4 is 11.8 Å². The third-order valence-electron chi connectivity index (χ3n) is 6.40. The second kappa shape index (κ2) is 8.21. The lowest BCUT2D eigenvalue weighted by molar-refractivity contribution is -0.178. The van der Waals surface area contributed by atoms with Crippen LogP contribution in [0.5, 0.6) is 0 Å². The maximum absolute atomic E-state index is 12.2. The Balaban J connectivity index is 1.51. The van der Waals surface area contributed by atoms with Gasteiger partial charge in [0.05, 0.1) is 11.6 Å². The Kier molecular flexibility index (Phi) is 5.49. The number of esters is 1. The number of hydrogen-bond donors (Lipinski definition) is 0. The van der Waals surface area contributed by atoms with Gasteiger partial charge in [0.1, 0.15) is 17.8 Å². The van der Waals surface area contributed by atoms with Crippen LogP contribution in [-0.2, 0) is 20.7 Å². The Hall–Kier alpha value is -2.93. The van der Waals surface area contributed by atoms with Crippen LogP contribution in [0.1, 0.15) is 56.1 Å². The molecule has 1 aliphatic carbocycles. The molecule has 1 unspecified atom stereocenters. The van der Waals surface area contributed by atoms with Crippen LogP contribution >= 0.6 is 0 Å². The van der Waals surface area contributed by atoms with Crippen molar-refractivity contribution in [3.05, 3.63) is 59.7 Å². The lowest BCUT2D eigenvalue weighted by atomic mass is 9.76. The van der Waals surface area contributed by atoms with E-state index in [1.807, 2.05) is 36.4 Å². The lowest BCUT2D eigenvalue weighted by Gasteiger charge is -2.41. The molecule has 2 aromatic rings. The van der Waals surface area contributed by atoms with E-state index < -0.39 is 5.60 Å². The molecule has 4 heteroatoms. The molecule has 4 rings (SSSR count). The van der Waals surface area contributed by atoms with Crippen LogP contribution in [0.2, 0.25) is 0 Å². The standard InChI is InChI=1S/C25H25NO3/c26-17-20-5-1-4-8-23(20)19-11-9-18(10-12-19)13-14-25(21-6-2-3-7-21)16-22(27)15-24(28)29-25/h1,4-5,8-12,21H,2-3,6-7,13-16H2. The van der Waals surface area contributed by atoms with Gasteiger partial charge in [-0.3, -0.25) is 9.59 Å². The third-order valence-corrected chi connectivity index (χ3v) is 6.40. The highest BCUT2D eigenvalue weighted by atomic mass is 16.6. The highest BCUT2D eigenvalue weighted by Gasteiger charge is 2.47. The first-order chi connectivity index (χ1) is 14.1. The predicted molar refractivity (Wildman–Crippen MR) is 110 cm³/mol. The van der Waals surface area contributed by atoms with E-state index in [0.29, 0.717) is 18.4 Å². The molecule has 2 aromatic carbocycles. The van der Waals surface area contributed by atoms with E-state index in [1.54, 1.807) is 0 Å². The lowest BCUT2D eigenvalue weighted by Crippen LogP contribution is -2.48. The number of cyclic esters (lactones) is 1. The summed E-state index contributed by atoms with van der Waals surface area (Å²) in [6.45, 7) is 0. The molecular weight excluding hydrogens is 362 g/mol. The van der Waals surface area contributed by atoms with Gasteiger partial charge in [-0.15, -0.1) is 0 Å². The molecule has 2 aliphatic rings.